The zero-order valence-electron chi connectivity index (χ0n) is 23.8. The maximum atomic E-state index is 14.1. The molecule has 0 bridgehead atoms. The first kappa shape index (κ1) is 32.3. The van der Waals surface area contributed by atoms with Crippen LogP contribution in [0.15, 0.2) is 66.6 Å². The van der Waals surface area contributed by atoms with Crippen molar-refractivity contribution >= 4 is 27.3 Å². The minimum Gasteiger partial charge on any atom is -0.512 e. The fourth-order valence-corrected chi connectivity index (χ4v) is 5.00. The summed E-state index contributed by atoms with van der Waals surface area (Å²) >= 11 is 0. The molecule has 0 amide bonds. The SMILES string of the molecule is CCC(CC)C(=O)/C=C(\O)C(CC)CC.Cc1[c-]c(-c2nccc3ccc4c(F)cccc4c23)cc(C)c1.[Ir]. The van der Waals surface area contributed by atoms with Crippen molar-refractivity contribution < 1.29 is 34.4 Å². The van der Waals surface area contributed by atoms with Gasteiger partial charge in [0.1, 0.15) is 5.82 Å². The van der Waals surface area contributed by atoms with E-state index in [0.29, 0.717) is 5.39 Å². The fraction of sp³-hybridized carbons (Fsp3) is 0.353. The Morgan fingerprint density at radius 1 is 0.949 bits per heavy atom. The maximum Gasteiger partial charge on any atom is 0.162 e. The summed E-state index contributed by atoms with van der Waals surface area (Å²) in [7, 11) is 0. The van der Waals surface area contributed by atoms with Crippen LogP contribution in [0, 0.1) is 37.6 Å². The van der Waals surface area contributed by atoms with E-state index in [9.17, 15) is 14.3 Å². The molecule has 0 aliphatic carbocycles. The molecule has 0 fully saturated rings. The first-order valence-electron chi connectivity index (χ1n) is 13.6. The number of nitrogens with zero attached hydrogens (tertiary/aromatic N) is 1. The largest absolute Gasteiger partial charge is 0.512 e. The number of hydrogen-bond donors (Lipinski definition) is 1. The number of allylic oxidation sites excluding steroid dienone is 2. The van der Waals surface area contributed by atoms with E-state index in [1.54, 1.807) is 12.3 Å². The third-order valence-electron chi connectivity index (χ3n) is 7.22. The average Bonchev–Trinajstić information content (AvgIpc) is 2.89. The molecule has 1 heterocycles. The Kier molecular flexibility index (Phi) is 12.5. The summed E-state index contributed by atoms with van der Waals surface area (Å²) in [6.07, 6.45) is 6.71. The van der Waals surface area contributed by atoms with E-state index in [4.69, 9.17) is 0 Å². The summed E-state index contributed by atoms with van der Waals surface area (Å²) in [4.78, 5) is 16.3. The number of ketones is 1. The Morgan fingerprint density at radius 3 is 2.23 bits per heavy atom. The van der Waals surface area contributed by atoms with Crippen molar-refractivity contribution in [2.75, 3.05) is 0 Å². The summed E-state index contributed by atoms with van der Waals surface area (Å²) in [5, 5.41) is 13.3. The molecule has 39 heavy (non-hydrogen) atoms. The molecule has 0 aliphatic heterocycles. The summed E-state index contributed by atoms with van der Waals surface area (Å²) < 4.78 is 14.1. The maximum absolute atomic E-state index is 14.1. The van der Waals surface area contributed by atoms with Gasteiger partial charge in [-0.15, -0.1) is 34.9 Å². The second-order valence-corrected chi connectivity index (χ2v) is 9.91. The van der Waals surface area contributed by atoms with Crippen molar-refractivity contribution in [3.8, 4) is 11.3 Å². The van der Waals surface area contributed by atoms with Crippen molar-refractivity contribution in [3.63, 3.8) is 0 Å². The van der Waals surface area contributed by atoms with Gasteiger partial charge in [-0.2, -0.15) is 0 Å². The predicted octanol–water partition coefficient (Wildman–Crippen LogP) is 9.48. The molecule has 0 saturated heterocycles. The Balaban J connectivity index is 0.000000294. The van der Waals surface area contributed by atoms with Crippen LogP contribution in [-0.2, 0) is 24.9 Å². The number of aliphatic hydroxyl groups is 1. The van der Waals surface area contributed by atoms with E-state index in [1.165, 1.54) is 17.7 Å². The number of benzene rings is 3. The zero-order valence-corrected chi connectivity index (χ0v) is 26.2. The number of aryl methyl sites for hydroxylation is 2. The van der Waals surface area contributed by atoms with Gasteiger partial charge >= 0.3 is 0 Å². The molecule has 3 nitrogen and oxygen atoms in total. The number of carbonyl (C=O) groups excluding carboxylic acids is 1. The van der Waals surface area contributed by atoms with E-state index in [-0.39, 0.29) is 49.3 Å². The summed E-state index contributed by atoms with van der Waals surface area (Å²) in [5.74, 6) is 0.342. The Labute approximate surface area is 245 Å². The molecule has 0 aliphatic rings. The van der Waals surface area contributed by atoms with Crippen LogP contribution in [0.3, 0.4) is 0 Å². The minimum absolute atomic E-state index is 0. The molecule has 1 radical (unpaired) electrons. The second kappa shape index (κ2) is 15.1. The average molecular weight is 705 g/mol. The Bertz CT molecular complexity index is 1420. The van der Waals surface area contributed by atoms with Gasteiger partial charge in [0.25, 0.3) is 0 Å². The molecule has 3 aromatic carbocycles. The van der Waals surface area contributed by atoms with Crippen LogP contribution in [0.2, 0.25) is 0 Å². The first-order chi connectivity index (χ1) is 18.2. The van der Waals surface area contributed by atoms with Crippen LogP contribution in [-0.4, -0.2) is 15.9 Å². The molecule has 0 saturated carbocycles. The summed E-state index contributed by atoms with van der Waals surface area (Å²) in [6.45, 7) is 12.2. The third kappa shape index (κ3) is 7.83. The van der Waals surface area contributed by atoms with Gasteiger partial charge in [-0.1, -0.05) is 65.8 Å². The third-order valence-corrected chi connectivity index (χ3v) is 7.22. The predicted molar refractivity (Wildman–Crippen MR) is 157 cm³/mol. The zero-order chi connectivity index (χ0) is 27.8. The standard InChI is InChI=1S/C21H15FN.C13H24O2.Ir/c1-13-10-14(2)12-16(11-13)21-20-15(8-9-23-21)6-7-17-18(20)4-3-5-19(17)22;1-5-10(6-2)12(14)9-13(15)11(7-3)8-4;/h3-11H,1-2H3;9-11,14H,5-8H2,1-4H3;/q-1;;/b;12-9-;. The second-order valence-electron chi connectivity index (χ2n) is 9.91. The molecule has 0 spiro atoms. The van der Waals surface area contributed by atoms with Gasteiger partial charge in [-0.3, -0.25) is 4.79 Å². The molecule has 1 N–H and O–H groups in total. The van der Waals surface area contributed by atoms with Crippen molar-refractivity contribution in [3.05, 3.63) is 89.6 Å². The van der Waals surface area contributed by atoms with Crippen molar-refractivity contribution in [2.45, 2.75) is 67.2 Å². The van der Waals surface area contributed by atoms with Crippen LogP contribution >= 0.6 is 0 Å². The van der Waals surface area contributed by atoms with E-state index >= 15 is 0 Å². The molecular weight excluding hydrogens is 666 g/mol. The molecule has 0 unspecified atom stereocenters. The molecule has 209 valence electrons. The molecular formula is C34H39FIrNO2-. The van der Waals surface area contributed by atoms with Crippen LogP contribution in [0.5, 0.6) is 0 Å². The van der Waals surface area contributed by atoms with Gasteiger partial charge in [0, 0.05) is 49.6 Å². The smallest absolute Gasteiger partial charge is 0.162 e. The monoisotopic (exact) mass is 705 g/mol. The number of hydrogen-bond acceptors (Lipinski definition) is 3. The van der Waals surface area contributed by atoms with E-state index in [2.05, 4.69) is 30.1 Å². The van der Waals surface area contributed by atoms with Crippen LogP contribution in [0.25, 0.3) is 32.8 Å². The topological polar surface area (TPSA) is 50.2 Å². The first-order valence-corrected chi connectivity index (χ1v) is 13.6. The van der Waals surface area contributed by atoms with Crippen molar-refractivity contribution in [1.29, 1.82) is 0 Å². The number of aliphatic hydroxyl groups excluding tert-OH is 1. The summed E-state index contributed by atoms with van der Waals surface area (Å²) in [6, 6.07) is 18.5. The quantitative estimate of drug-likeness (QED) is 0.0861. The van der Waals surface area contributed by atoms with E-state index in [1.807, 2.05) is 58.9 Å². The van der Waals surface area contributed by atoms with Gasteiger partial charge in [0.05, 0.1) is 5.76 Å². The number of pyridine rings is 1. The number of aromatic nitrogens is 1. The van der Waals surface area contributed by atoms with E-state index in [0.717, 1.165) is 58.7 Å². The number of halogens is 1. The number of fused-ring (bicyclic) bond motifs is 3. The van der Waals surface area contributed by atoms with Crippen LogP contribution < -0.4 is 0 Å². The molecule has 4 rings (SSSR count). The number of carbonyl (C=O) groups is 1. The molecule has 5 heteroatoms. The van der Waals surface area contributed by atoms with Crippen LogP contribution in [0.4, 0.5) is 4.39 Å². The van der Waals surface area contributed by atoms with E-state index < -0.39 is 0 Å². The normalized spacial score (nSPS) is 11.5. The van der Waals surface area contributed by atoms with Gasteiger partial charge in [-0.25, -0.2) is 4.39 Å². The van der Waals surface area contributed by atoms with Crippen LogP contribution in [0.1, 0.15) is 64.5 Å². The minimum atomic E-state index is -0.205. The fourth-order valence-electron chi connectivity index (χ4n) is 5.00. The Hall–Kier alpha value is -2.88. The van der Waals surface area contributed by atoms with Gasteiger partial charge in [-0.05, 0) is 59.7 Å². The molecule has 0 atom stereocenters. The molecule has 1 aromatic heterocycles. The molecule has 4 aromatic rings. The van der Waals surface area contributed by atoms with Gasteiger partial charge < -0.3 is 10.1 Å². The summed E-state index contributed by atoms with van der Waals surface area (Å²) in [5.41, 5.74) is 4.04. The Morgan fingerprint density at radius 2 is 1.62 bits per heavy atom. The van der Waals surface area contributed by atoms with Gasteiger partial charge in [0.2, 0.25) is 0 Å². The van der Waals surface area contributed by atoms with Gasteiger partial charge in [0.15, 0.2) is 5.78 Å². The van der Waals surface area contributed by atoms with Crippen molar-refractivity contribution in [1.82, 2.24) is 4.98 Å². The van der Waals surface area contributed by atoms with Crippen molar-refractivity contribution in [2.24, 2.45) is 11.8 Å². The number of rotatable bonds is 8.